The van der Waals surface area contributed by atoms with Crippen molar-refractivity contribution in [3.63, 3.8) is 0 Å². The second-order valence-electron chi connectivity index (χ2n) is 6.23. The fourth-order valence-electron chi connectivity index (χ4n) is 3.06. The Bertz CT molecular complexity index is 755. The number of rotatable bonds is 4. The molecule has 0 fully saturated rings. The van der Waals surface area contributed by atoms with Gasteiger partial charge in [-0.15, -0.1) is 0 Å². The summed E-state index contributed by atoms with van der Waals surface area (Å²) in [6.07, 6.45) is 3.66. The van der Waals surface area contributed by atoms with Gasteiger partial charge >= 0.3 is 0 Å². The molecule has 1 unspecified atom stereocenters. The van der Waals surface area contributed by atoms with E-state index in [2.05, 4.69) is 14.5 Å². The molecule has 1 aromatic heterocycles. The number of aromatic nitrogens is 2. The van der Waals surface area contributed by atoms with Gasteiger partial charge < -0.3 is 9.47 Å². The van der Waals surface area contributed by atoms with Crippen molar-refractivity contribution in [2.24, 2.45) is 5.92 Å². The van der Waals surface area contributed by atoms with Gasteiger partial charge in [0.05, 0.1) is 11.4 Å². The summed E-state index contributed by atoms with van der Waals surface area (Å²) in [5, 5.41) is 0. The Labute approximate surface area is 137 Å². The zero-order chi connectivity index (χ0) is 16.4. The van der Waals surface area contributed by atoms with E-state index in [1.807, 2.05) is 26.4 Å². The SMILES string of the molecule is CN(C)CC1CN(S(=O)(=O)c2ccccc2)Cc2nccn2C1. The van der Waals surface area contributed by atoms with Crippen LogP contribution in [0.5, 0.6) is 0 Å². The summed E-state index contributed by atoms with van der Waals surface area (Å²) in [7, 11) is 0.506. The molecule has 0 saturated carbocycles. The second kappa shape index (κ2) is 6.43. The standard InChI is InChI=1S/C16H22N4O2S/c1-18(2)10-14-11-19-9-8-17-16(19)13-20(12-14)23(21,22)15-6-4-3-5-7-15/h3-9,14H,10-13H2,1-2H3. The minimum Gasteiger partial charge on any atom is -0.333 e. The molecular formula is C16H22N4O2S. The van der Waals surface area contributed by atoms with Gasteiger partial charge in [0, 0.05) is 37.9 Å². The number of hydrogen-bond donors (Lipinski definition) is 0. The van der Waals surface area contributed by atoms with E-state index in [1.54, 1.807) is 34.8 Å². The Morgan fingerprint density at radius 2 is 1.96 bits per heavy atom. The monoisotopic (exact) mass is 334 g/mol. The minimum absolute atomic E-state index is 0.221. The van der Waals surface area contributed by atoms with Gasteiger partial charge in [-0.2, -0.15) is 4.31 Å². The summed E-state index contributed by atoms with van der Waals surface area (Å²) in [6, 6.07) is 8.62. The van der Waals surface area contributed by atoms with Crippen LogP contribution in [0.2, 0.25) is 0 Å². The van der Waals surface area contributed by atoms with Crippen molar-refractivity contribution in [3.8, 4) is 0 Å². The number of hydrogen-bond acceptors (Lipinski definition) is 4. The number of imidazole rings is 1. The van der Waals surface area contributed by atoms with E-state index in [0.29, 0.717) is 18.0 Å². The van der Waals surface area contributed by atoms with E-state index in [0.717, 1.165) is 18.9 Å². The third-order valence-corrected chi connectivity index (χ3v) is 5.87. The van der Waals surface area contributed by atoms with Crippen LogP contribution in [0.4, 0.5) is 0 Å². The number of nitrogens with zero attached hydrogens (tertiary/aromatic N) is 4. The van der Waals surface area contributed by atoms with Crippen LogP contribution in [-0.2, 0) is 23.1 Å². The molecule has 2 aromatic rings. The molecule has 0 amide bonds. The van der Waals surface area contributed by atoms with E-state index in [9.17, 15) is 8.42 Å². The largest absolute Gasteiger partial charge is 0.333 e. The first-order valence-corrected chi connectivity index (χ1v) is 9.11. The Hall–Kier alpha value is -1.70. The van der Waals surface area contributed by atoms with Crippen molar-refractivity contribution in [2.75, 3.05) is 27.2 Å². The highest BCUT2D eigenvalue weighted by molar-refractivity contribution is 7.89. The third kappa shape index (κ3) is 3.46. The van der Waals surface area contributed by atoms with Crippen molar-refractivity contribution >= 4 is 10.0 Å². The molecule has 124 valence electrons. The summed E-state index contributed by atoms with van der Waals surface area (Å²) in [5.74, 6) is 1.02. The maximum atomic E-state index is 13.0. The van der Waals surface area contributed by atoms with Crippen LogP contribution < -0.4 is 0 Å². The molecule has 0 bridgehead atoms. The Morgan fingerprint density at radius 3 is 2.65 bits per heavy atom. The van der Waals surface area contributed by atoms with Gasteiger partial charge in [-0.05, 0) is 26.2 Å². The Kier molecular flexibility index (Phi) is 4.52. The van der Waals surface area contributed by atoms with Crippen LogP contribution in [0.25, 0.3) is 0 Å². The number of fused-ring (bicyclic) bond motifs is 1. The first-order valence-electron chi connectivity index (χ1n) is 7.67. The smallest absolute Gasteiger partial charge is 0.243 e. The van der Waals surface area contributed by atoms with Crippen LogP contribution in [0.3, 0.4) is 0 Å². The molecule has 6 nitrogen and oxygen atoms in total. The zero-order valence-corrected chi connectivity index (χ0v) is 14.3. The van der Waals surface area contributed by atoms with Crippen LogP contribution in [0, 0.1) is 5.92 Å². The van der Waals surface area contributed by atoms with Gasteiger partial charge in [-0.1, -0.05) is 18.2 Å². The summed E-state index contributed by atoms with van der Waals surface area (Å²) in [6.45, 7) is 2.43. The van der Waals surface area contributed by atoms with Gasteiger partial charge in [0.2, 0.25) is 10.0 Å². The molecule has 1 atom stereocenters. The van der Waals surface area contributed by atoms with E-state index < -0.39 is 10.0 Å². The second-order valence-corrected chi connectivity index (χ2v) is 8.17. The summed E-state index contributed by atoms with van der Waals surface area (Å²) in [5.41, 5.74) is 0. The lowest BCUT2D eigenvalue weighted by molar-refractivity contribution is 0.264. The van der Waals surface area contributed by atoms with Gasteiger partial charge in [-0.3, -0.25) is 0 Å². The molecule has 7 heteroatoms. The number of sulfonamides is 1. The van der Waals surface area contributed by atoms with E-state index in [-0.39, 0.29) is 5.92 Å². The summed E-state index contributed by atoms with van der Waals surface area (Å²) >= 11 is 0. The molecule has 0 aliphatic carbocycles. The highest BCUT2D eigenvalue weighted by Gasteiger charge is 2.31. The minimum atomic E-state index is -3.51. The molecule has 1 aliphatic rings. The van der Waals surface area contributed by atoms with Crippen LogP contribution in [-0.4, -0.2) is 54.4 Å². The lowest BCUT2D eigenvalue weighted by atomic mass is 10.1. The van der Waals surface area contributed by atoms with Crippen LogP contribution in [0.15, 0.2) is 47.6 Å². The molecule has 1 aromatic carbocycles. The van der Waals surface area contributed by atoms with E-state index in [4.69, 9.17) is 0 Å². The van der Waals surface area contributed by atoms with Crippen LogP contribution >= 0.6 is 0 Å². The predicted molar refractivity (Wildman–Crippen MR) is 88.3 cm³/mol. The summed E-state index contributed by atoms with van der Waals surface area (Å²) in [4.78, 5) is 6.76. The Morgan fingerprint density at radius 1 is 1.22 bits per heavy atom. The average molecular weight is 334 g/mol. The molecule has 23 heavy (non-hydrogen) atoms. The highest BCUT2D eigenvalue weighted by atomic mass is 32.2. The molecule has 0 radical (unpaired) electrons. The van der Waals surface area contributed by atoms with Crippen molar-refractivity contribution in [1.82, 2.24) is 18.8 Å². The first-order chi connectivity index (χ1) is 11.0. The molecule has 2 heterocycles. The normalized spacial score (nSPS) is 19.5. The maximum Gasteiger partial charge on any atom is 0.243 e. The fourth-order valence-corrected chi connectivity index (χ4v) is 4.55. The molecule has 0 spiro atoms. The molecule has 0 N–H and O–H groups in total. The topological polar surface area (TPSA) is 58.4 Å². The lowest BCUT2D eigenvalue weighted by Crippen LogP contribution is -2.37. The van der Waals surface area contributed by atoms with E-state index >= 15 is 0 Å². The summed E-state index contributed by atoms with van der Waals surface area (Å²) < 4.78 is 29.6. The van der Waals surface area contributed by atoms with Crippen molar-refractivity contribution < 1.29 is 8.42 Å². The first kappa shape index (κ1) is 16.2. The van der Waals surface area contributed by atoms with Crippen molar-refractivity contribution in [1.29, 1.82) is 0 Å². The lowest BCUT2D eigenvalue weighted by Gasteiger charge is -2.25. The number of benzene rings is 1. The Balaban J connectivity index is 1.95. The van der Waals surface area contributed by atoms with Crippen molar-refractivity contribution in [2.45, 2.75) is 18.0 Å². The van der Waals surface area contributed by atoms with Gasteiger partial charge in [0.15, 0.2) is 0 Å². The van der Waals surface area contributed by atoms with Crippen molar-refractivity contribution in [3.05, 3.63) is 48.5 Å². The molecule has 3 rings (SSSR count). The molecular weight excluding hydrogens is 312 g/mol. The molecule has 1 aliphatic heterocycles. The van der Waals surface area contributed by atoms with Gasteiger partial charge in [-0.25, -0.2) is 13.4 Å². The van der Waals surface area contributed by atoms with Crippen LogP contribution in [0.1, 0.15) is 5.82 Å². The van der Waals surface area contributed by atoms with E-state index in [1.165, 1.54) is 0 Å². The van der Waals surface area contributed by atoms with Gasteiger partial charge in [0.25, 0.3) is 0 Å². The zero-order valence-electron chi connectivity index (χ0n) is 13.5. The highest BCUT2D eigenvalue weighted by Crippen LogP contribution is 2.23. The van der Waals surface area contributed by atoms with Gasteiger partial charge in [0.1, 0.15) is 5.82 Å². The molecule has 0 saturated heterocycles. The predicted octanol–water partition coefficient (Wildman–Crippen LogP) is 1.27. The average Bonchev–Trinajstić information content (AvgIpc) is 2.86. The quantitative estimate of drug-likeness (QED) is 0.845. The third-order valence-electron chi connectivity index (χ3n) is 4.04. The fraction of sp³-hybridized carbons (Fsp3) is 0.438. The maximum absolute atomic E-state index is 13.0.